The molecule has 1 N–H and O–H groups in total. The molecule has 1 rings (SSSR count). The highest BCUT2D eigenvalue weighted by molar-refractivity contribution is 5.42. The van der Waals surface area contributed by atoms with E-state index in [9.17, 15) is 0 Å². The summed E-state index contributed by atoms with van der Waals surface area (Å²) < 4.78 is 10.4. The number of hydrogen-bond acceptors (Lipinski definition) is 3. The van der Waals surface area contributed by atoms with Crippen LogP contribution in [-0.2, 0) is 0 Å². The first-order valence-corrected chi connectivity index (χ1v) is 5.05. The number of rotatable bonds is 5. The van der Waals surface area contributed by atoms with Crippen molar-refractivity contribution in [1.29, 1.82) is 0 Å². The van der Waals surface area contributed by atoms with E-state index in [4.69, 9.17) is 14.6 Å². The lowest BCUT2D eigenvalue weighted by Crippen LogP contribution is -2.00. The average molecular weight is 210 g/mol. The summed E-state index contributed by atoms with van der Waals surface area (Å²) in [6, 6.07) is 5.72. The summed E-state index contributed by atoms with van der Waals surface area (Å²) in [7, 11) is 3.29. The van der Waals surface area contributed by atoms with Crippen molar-refractivity contribution in [2.75, 3.05) is 20.8 Å². The molecule has 0 saturated carbocycles. The third kappa shape index (κ3) is 2.86. The molecule has 0 aliphatic carbocycles. The number of benzene rings is 1. The molecule has 0 heterocycles. The lowest BCUT2D eigenvalue weighted by molar-refractivity contribution is 0.277. The lowest BCUT2D eigenvalue weighted by atomic mass is 9.97. The fraction of sp³-hybridized carbons (Fsp3) is 0.500. The van der Waals surface area contributed by atoms with Gasteiger partial charge in [0.15, 0.2) is 0 Å². The second-order valence-corrected chi connectivity index (χ2v) is 3.52. The predicted molar refractivity (Wildman–Crippen MR) is 59.7 cm³/mol. The van der Waals surface area contributed by atoms with Gasteiger partial charge in [0.25, 0.3) is 0 Å². The molecule has 0 fully saturated rings. The Balaban J connectivity index is 3.00. The Bertz CT molecular complexity index is 310. The van der Waals surface area contributed by atoms with Gasteiger partial charge < -0.3 is 14.6 Å². The van der Waals surface area contributed by atoms with Crippen LogP contribution in [0.25, 0.3) is 0 Å². The van der Waals surface area contributed by atoms with Crippen molar-refractivity contribution < 1.29 is 14.6 Å². The highest BCUT2D eigenvalue weighted by Gasteiger charge is 2.12. The van der Waals surface area contributed by atoms with Gasteiger partial charge in [-0.05, 0) is 30.5 Å². The van der Waals surface area contributed by atoms with Crippen LogP contribution in [0.5, 0.6) is 11.5 Å². The molecule has 0 radical (unpaired) electrons. The molecule has 1 aromatic rings. The van der Waals surface area contributed by atoms with Crippen LogP contribution in [0.3, 0.4) is 0 Å². The summed E-state index contributed by atoms with van der Waals surface area (Å²) in [5.41, 5.74) is 1.07. The van der Waals surface area contributed by atoms with Crippen LogP contribution in [0.2, 0.25) is 0 Å². The monoisotopic (exact) mass is 210 g/mol. The molecule has 0 amide bonds. The van der Waals surface area contributed by atoms with Crippen LogP contribution in [0.1, 0.15) is 24.8 Å². The first-order chi connectivity index (χ1) is 7.22. The predicted octanol–water partition coefficient (Wildman–Crippen LogP) is 2.19. The second-order valence-electron chi connectivity index (χ2n) is 3.52. The van der Waals surface area contributed by atoms with Gasteiger partial charge in [-0.2, -0.15) is 0 Å². The Morgan fingerprint density at radius 3 is 2.53 bits per heavy atom. The molecule has 3 heteroatoms. The maximum absolute atomic E-state index is 8.92. The van der Waals surface area contributed by atoms with Gasteiger partial charge in [0.05, 0.1) is 14.2 Å². The average Bonchev–Trinajstić information content (AvgIpc) is 2.28. The molecule has 15 heavy (non-hydrogen) atoms. The van der Waals surface area contributed by atoms with Crippen molar-refractivity contribution in [2.45, 2.75) is 19.3 Å². The zero-order valence-electron chi connectivity index (χ0n) is 9.49. The molecule has 0 spiro atoms. The minimum absolute atomic E-state index is 0.182. The van der Waals surface area contributed by atoms with Gasteiger partial charge in [-0.25, -0.2) is 0 Å². The Kier molecular flexibility index (Phi) is 4.43. The third-order valence-corrected chi connectivity index (χ3v) is 2.53. The molecule has 1 aromatic carbocycles. The van der Waals surface area contributed by atoms with E-state index in [-0.39, 0.29) is 12.5 Å². The van der Waals surface area contributed by atoms with E-state index in [1.54, 1.807) is 14.2 Å². The van der Waals surface area contributed by atoms with Crippen LogP contribution in [0.4, 0.5) is 0 Å². The van der Waals surface area contributed by atoms with E-state index in [2.05, 4.69) is 6.92 Å². The third-order valence-electron chi connectivity index (χ3n) is 2.53. The van der Waals surface area contributed by atoms with Crippen LogP contribution in [0, 0.1) is 0 Å². The SMILES string of the molecule is COc1ccc(OC)c(C(C)CCO)c1. The van der Waals surface area contributed by atoms with E-state index >= 15 is 0 Å². The Morgan fingerprint density at radius 2 is 2.00 bits per heavy atom. The zero-order chi connectivity index (χ0) is 11.3. The van der Waals surface area contributed by atoms with E-state index in [1.807, 2.05) is 18.2 Å². The fourth-order valence-corrected chi connectivity index (χ4v) is 1.57. The van der Waals surface area contributed by atoms with Crippen molar-refractivity contribution in [3.63, 3.8) is 0 Å². The van der Waals surface area contributed by atoms with Gasteiger partial charge in [-0.15, -0.1) is 0 Å². The standard InChI is InChI=1S/C12H18O3/c1-9(6-7-13)11-8-10(14-2)4-5-12(11)15-3/h4-5,8-9,13H,6-7H2,1-3H3. The van der Waals surface area contributed by atoms with Crippen molar-refractivity contribution >= 4 is 0 Å². The van der Waals surface area contributed by atoms with Crippen LogP contribution in [0.15, 0.2) is 18.2 Å². The van der Waals surface area contributed by atoms with E-state index in [0.29, 0.717) is 0 Å². The Labute approximate surface area is 90.6 Å². The molecule has 84 valence electrons. The molecule has 1 atom stereocenters. The highest BCUT2D eigenvalue weighted by Crippen LogP contribution is 2.31. The van der Waals surface area contributed by atoms with Crippen molar-refractivity contribution in [2.24, 2.45) is 0 Å². The number of aliphatic hydroxyl groups is 1. The normalized spacial score (nSPS) is 12.3. The van der Waals surface area contributed by atoms with Crippen LogP contribution in [-0.4, -0.2) is 25.9 Å². The van der Waals surface area contributed by atoms with Crippen LogP contribution >= 0.6 is 0 Å². The largest absolute Gasteiger partial charge is 0.497 e. The van der Waals surface area contributed by atoms with Gasteiger partial charge in [-0.3, -0.25) is 0 Å². The molecule has 1 unspecified atom stereocenters. The summed E-state index contributed by atoms with van der Waals surface area (Å²) >= 11 is 0. The maximum atomic E-state index is 8.92. The zero-order valence-corrected chi connectivity index (χ0v) is 9.49. The number of aliphatic hydroxyl groups excluding tert-OH is 1. The Morgan fingerprint density at radius 1 is 1.27 bits per heavy atom. The fourth-order valence-electron chi connectivity index (χ4n) is 1.57. The summed E-state index contributed by atoms with van der Waals surface area (Å²) in [6.45, 7) is 2.25. The second kappa shape index (κ2) is 5.61. The minimum Gasteiger partial charge on any atom is -0.497 e. The van der Waals surface area contributed by atoms with Crippen molar-refractivity contribution in [3.8, 4) is 11.5 Å². The van der Waals surface area contributed by atoms with E-state index < -0.39 is 0 Å². The number of methoxy groups -OCH3 is 2. The topological polar surface area (TPSA) is 38.7 Å². The first-order valence-electron chi connectivity index (χ1n) is 5.05. The molecular weight excluding hydrogens is 192 g/mol. The summed E-state index contributed by atoms with van der Waals surface area (Å²) in [6.07, 6.45) is 0.726. The van der Waals surface area contributed by atoms with E-state index in [0.717, 1.165) is 23.5 Å². The molecule has 0 bridgehead atoms. The smallest absolute Gasteiger partial charge is 0.122 e. The van der Waals surface area contributed by atoms with Gasteiger partial charge in [0, 0.05) is 12.2 Å². The summed E-state index contributed by atoms with van der Waals surface area (Å²) in [5.74, 6) is 1.92. The molecule has 3 nitrogen and oxygen atoms in total. The quantitative estimate of drug-likeness (QED) is 0.809. The minimum atomic E-state index is 0.182. The maximum Gasteiger partial charge on any atom is 0.122 e. The van der Waals surface area contributed by atoms with Crippen molar-refractivity contribution in [3.05, 3.63) is 23.8 Å². The summed E-state index contributed by atoms with van der Waals surface area (Å²) in [4.78, 5) is 0. The highest BCUT2D eigenvalue weighted by atomic mass is 16.5. The van der Waals surface area contributed by atoms with Crippen LogP contribution < -0.4 is 9.47 Å². The Hall–Kier alpha value is -1.22. The number of hydrogen-bond donors (Lipinski definition) is 1. The molecule has 0 aliphatic rings. The lowest BCUT2D eigenvalue weighted by Gasteiger charge is -2.15. The molecule has 0 aliphatic heterocycles. The summed E-state index contributed by atoms with van der Waals surface area (Å²) in [5, 5.41) is 8.92. The molecule has 0 aromatic heterocycles. The molecule has 0 saturated heterocycles. The van der Waals surface area contributed by atoms with Crippen molar-refractivity contribution in [1.82, 2.24) is 0 Å². The number of ether oxygens (including phenoxy) is 2. The first kappa shape index (κ1) is 11.9. The van der Waals surface area contributed by atoms with Gasteiger partial charge in [-0.1, -0.05) is 6.92 Å². The van der Waals surface area contributed by atoms with E-state index in [1.165, 1.54) is 0 Å². The molecular formula is C12H18O3. The van der Waals surface area contributed by atoms with Gasteiger partial charge in [0.2, 0.25) is 0 Å². The van der Waals surface area contributed by atoms with Gasteiger partial charge >= 0.3 is 0 Å². The van der Waals surface area contributed by atoms with Gasteiger partial charge in [0.1, 0.15) is 11.5 Å².